The fourth-order valence-corrected chi connectivity index (χ4v) is 1.75. The van der Waals surface area contributed by atoms with Gasteiger partial charge < -0.3 is 0 Å². The lowest BCUT2D eigenvalue weighted by molar-refractivity contribution is 0.281. The summed E-state index contributed by atoms with van der Waals surface area (Å²) in [6.07, 6.45) is 5.15. The van der Waals surface area contributed by atoms with Crippen LogP contribution in [0.4, 0.5) is 5.69 Å². The molecule has 1 aliphatic heterocycles. The highest BCUT2D eigenvalue weighted by molar-refractivity contribution is 5.34. The number of rotatable bonds is 2. The Morgan fingerprint density at radius 1 is 0.867 bits per heavy atom. The Hall–Kier alpha value is -1.38. The van der Waals surface area contributed by atoms with Crippen LogP contribution in [0.5, 0.6) is 0 Å². The van der Waals surface area contributed by atoms with E-state index >= 15 is 0 Å². The summed E-state index contributed by atoms with van der Waals surface area (Å²) in [6, 6.07) is 9.90. The van der Waals surface area contributed by atoms with Crippen molar-refractivity contribution < 1.29 is 0 Å². The van der Waals surface area contributed by atoms with Gasteiger partial charge in [-0.25, -0.2) is 0 Å². The first-order valence-corrected chi connectivity index (χ1v) is 5.67. The molecule has 1 aromatic carbocycles. The molecule has 80 valence electrons. The molecule has 0 aromatic heterocycles. The van der Waals surface area contributed by atoms with Gasteiger partial charge in [-0.1, -0.05) is 36.3 Å². The highest BCUT2D eigenvalue weighted by atomic mass is 15.5. The van der Waals surface area contributed by atoms with E-state index in [9.17, 15) is 0 Å². The molecule has 1 aromatic rings. The third kappa shape index (κ3) is 3.35. The second-order valence-electron chi connectivity index (χ2n) is 3.89. The Balaban J connectivity index is 1.92. The molecule has 0 spiro atoms. The summed E-state index contributed by atoms with van der Waals surface area (Å²) in [7, 11) is 0. The minimum atomic E-state index is 0.932. The van der Waals surface area contributed by atoms with E-state index in [1.807, 2.05) is 30.3 Å². The van der Waals surface area contributed by atoms with Crippen molar-refractivity contribution in [3.05, 3.63) is 30.3 Å². The smallest absolute Gasteiger partial charge is 0.0874 e. The first-order valence-electron chi connectivity index (χ1n) is 5.67. The van der Waals surface area contributed by atoms with Crippen LogP contribution < -0.4 is 0 Å². The van der Waals surface area contributed by atoms with Crippen molar-refractivity contribution in [2.75, 3.05) is 13.1 Å². The number of nitrogens with zero attached hydrogens (tertiary/aromatic N) is 3. The SMILES string of the molecule is c1ccc(/N=N/N2CCCCCC2)cc1. The van der Waals surface area contributed by atoms with E-state index < -0.39 is 0 Å². The maximum atomic E-state index is 4.27. The molecule has 15 heavy (non-hydrogen) atoms. The van der Waals surface area contributed by atoms with E-state index in [1.54, 1.807) is 0 Å². The molecule has 0 N–H and O–H groups in total. The quantitative estimate of drug-likeness (QED) is 0.675. The molecule has 0 radical (unpaired) electrons. The fraction of sp³-hybridized carbons (Fsp3) is 0.500. The summed E-state index contributed by atoms with van der Waals surface area (Å²) in [6.45, 7) is 2.10. The second-order valence-corrected chi connectivity index (χ2v) is 3.89. The van der Waals surface area contributed by atoms with Gasteiger partial charge in [0.2, 0.25) is 0 Å². The highest BCUT2D eigenvalue weighted by Gasteiger charge is 2.05. The average molecular weight is 203 g/mol. The monoisotopic (exact) mass is 203 g/mol. The minimum Gasteiger partial charge on any atom is -0.278 e. The van der Waals surface area contributed by atoms with Gasteiger partial charge in [-0.05, 0) is 25.0 Å². The summed E-state index contributed by atoms with van der Waals surface area (Å²) in [5.41, 5.74) is 0.932. The van der Waals surface area contributed by atoms with E-state index in [1.165, 1.54) is 25.7 Å². The third-order valence-electron chi connectivity index (χ3n) is 2.63. The van der Waals surface area contributed by atoms with Crippen LogP contribution >= 0.6 is 0 Å². The van der Waals surface area contributed by atoms with Crippen LogP contribution in [0.2, 0.25) is 0 Å². The Bertz CT molecular complexity index is 300. The van der Waals surface area contributed by atoms with Crippen LogP contribution in [0.25, 0.3) is 0 Å². The predicted molar refractivity (Wildman–Crippen MR) is 61.0 cm³/mol. The van der Waals surface area contributed by atoms with E-state index in [0.717, 1.165) is 18.8 Å². The molecular formula is C12H17N3. The molecule has 2 rings (SSSR count). The minimum absolute atomic E-state index is 0.932. The van der Waals surface area contributed by atoms with Gasteiger partial charge in [0, 0.05) is 13.1 Å². The van der Waals surface area contributed by atoms with Crippen molar-refractivity contribution in [3.8, 4) is 0 Å². The summed E-state index contributed by atoms with van der Waals surface area (Å²) in [5.74, 6) is 0. The van der Waals surface area contributed by atoms with Crippen molar-refractivity contribution in [3.63, 3.8) is 0 Å². The summed E-state index contributed by atoms with van der Waals surface area (Å²) < 4.78 is 0. The molecule has 0 bridgehead atoms. The summed E-state index contributed by atoms with van der Waals surface area (Å²) >= 11 is 0. The molecule has 3 heteroatoms. The zero-order chi connectivity index (χ0) is 10.3. The molecule has 1 heterocycles. The maximum absolute atomic E-state index is 4.27. The molecule has 0 amide bonds. The maximum Gasteiger partial charge on any atom is 0.0874 e. The standard InChI is InChI=1S/C12H17N3/c1-2-7-11-15(10-6-1)14-13-12-8-4-3-5-9-12/h3-5,8-9H,1-2,6-7,10-11H2/b14-13+. The van der Waals surface area contributed by atoms with Gasteiger partial charge in [0.05, 0.1) is 5.69 Å². The lowest BCUT2D eigenvalue weighted by Gasteiger charge is -2.13. The Morgan fingerprint density at radius 3 is 2.20 bits per heavy atom. The molecule has 1 saturated heterocycles. The molecule has 0 aliphatic carbocycles. The Kier molecular flexibility index (Phi) is 3.71. The van der Waals surface area contributed by atoms with Crippen LogP contribution in [0, 0.1) is 0 Å². The van der Waals surface area contributed by atoms with Gasteiger partial charge in [-0.3, -0.25) is 5.01 Å². The first kappa shape index (κ1) is 10.1. The third-order valence-corrected chi connectivity index (χ3v) is 2.63. The largest absolute Gasteiger partial charge is 0.278 e. The van der Waals surface area contributed by atoms with Crippen molar-refractivity contribution in [1.82, 2.24) is 5.01 Å². The molecule has 0 saturated carbocycles. The fourth-order valence-electron chi connectivity index (χ4n) is 1.75. The first-order chi connectivity index (χ1) is 7.45. The van der Waals surface area contributed by atoms with Crippen molar-refractivity contribution in [1.29, 1.82) is 0 Å². The molecule has 0 unspecified atom stereocenters. The van der Waals surface area contributed by atoms with Gasteiger partial charge >= 0.3 is 0 Å². The lowest BCUT2D eigenvalue weighted by Crippen LogP contribution is -2.16. The molecule has 1 fully saturated rings. The second kappa shape index (κ2) is 5.49. The highest BCUT2D eigenvalue weighted by Crippen LogP contribution is 2.14. The molecule has 3 nitrogen and oxygen atoms in total. The van der Waals surface area contributed by atoms with E-state index in [2.05, 4.69) is 15.3 Å². The number of hydrogen-bond acceptors (Lipinski definition) is 2. The van der Waals surface area contributed by atoms with Gasteiger partial charge in [0.15, 0.2) is 0 Å². The van der Waals surface area contributed by atoms with Crippen molar-refractivity contribution in [2.24, 2.45) is 10.3 Å². The molecule has 0 atom stereocenters. The van der Waals surface area contributed by atoms with Crippen molar-refractivity contribution in [2.45, 2.75) is 25.7 Å². The summed E-state index contributed by atoms with van der Waals surface area (Å²) in [5, 5.41) is 10.6. The number of benzene rings is 1. The lowest BCUT2D eigenvalue weighted by atomic mass is 10.2. The predicted octanol–water partition coefficient (Wildman–Crippen LogP) is 3.56. The van der Waals surface area contributed by atoms with Crippen LogP contribution in [-0.2, 0) is 0 Å². The normalized spacial score (nSPS) is 18.0. The molecular weight excluding hydrogens is 186 g/mol. The zero-order valence-electron chi connectivity index (χ0n) is 8.97. The average Bonchev–Trinajstić information content (AvgIpc) is 2.56. The van der Waals surface area contributed by atoms with Gasteiger partial charge in [0.25, 0.3) is 0 Å². The van der Waals surface area contributed by atoms with E-state index in [0.29, 0.717) is 0 Å². The Morgan fingerprint density at radius 2 is 1.53 bits per heavy atom. The van der Waals surface area contributed by atoms with E-state index in [4.69, 9.17) is 0 Å². The Labute approximate surface area is 90.8 Å². The zero-order valence-corrected chi connectivity index (χ0v) is 8.97. The van der Waals surface area contributed by atoms with Crippen LogP contribution in [-0.4, -0.2) is 18.1 Å². The number of hydrogen-bond donors (Lipinski definition) is 0. The topological polar surface area (TPSA) is 28.0 Å². The van der Waals surface area contributed by atoms with Crippen LogP contribution in [0.15, 0.2) is 40.7 Å². The van der Waals surface area contributed by atoms with Gasteiger partial charge in [-0.2, -0.15) is 0 Å². The molecule has 1 aliphatic rings. The van der Waals surface area contributed by atoms with Crippen molar-refractivity contribution >= 4 is 5.69 Å². The van der Waals surface area contributed by atoms with Crippen LogP contribution in [0.1, 0.15) is 25.7 Å². The van der Waals surface area contributed by atoms with Gasteiger partial charge in [0.1, 0.15) is 0 Å². The van der Waals surface area contributed by atoms with Gasteiger partial charge in [-0.15, -0.1) is 5.11 Å². The van der Waals surface area contributed by atoms with Crippen LogP contribution in [0.3, 0.4) is 0 Å². The van der Waals surface area contributed by atoms with E-state index in [-0.39, 0.29) is 0 Å². The summed E-state index contributed by atoms with van der Waals surface area (Å²) in [4.78, 5) is 0.